The van der Waals surface area contributed by atoms with E-state index in [0.29, 0.717) is 12.5 Å². The number of nitrogens with zero attached hydrogens (tertiary/aromatic N) is 1. The Morgan fingerprint density at radius 2 is 2.17 bits per heavy atom. The summed E-state index contributed by atoms with van der Waals surface area (Å²) in [7, 11) is 1.99. The summed E-state index contributed by atoms with van der Waals surface area (Å²) in [6.45, 7) is 2.19. The maximum absolute atomic E-state index is 13.3. The quantitative estimate of drug-likeness (QED) is 0.891. The molecule has 0 bridgehead atoms. The summed E-state index contributed by atoms with van der Waals surface area (Å²) in [4.78, 5) is 2.10. The third-order valence-electron chi connectivity index (χ3n) is 3.76. The van der Waals surface area contributed by atoms with E-state index in [-0.39, 0.29) is 11.9 Å². The van der Waals surface area contributed by atoms with Crippen molar-refractivity contribution in [3.8, 4) is 0 Å². The molecule has 1 saturated heterocycles. The number of hydrogen-bond donors (Lipinski definition) is 1. The van der Waals surface area contributed by atoms with Crippen LogP contribution in [0.4, 0.5) is 10.1 Å². The fourth-order valence-electron chi connectivity index (χ4n) is 2.65. The molecule has 1 aliphatic heterocycles. The lowest BCUT2D eigenvalue weighted by atomic mass is 9.90. The number of likely N-dealkylation sites (N-methyl/N-ethyl adjacent to an activating group) is 1. The van der Waals surface area contributed by atoms with E-state index in [1.165, 1.54) is 6.07 Å². The molecule has 1 aliphatic rings. The molecule has 18 heavy (non-hydrogen) atoms. The van der Waals surface area contributed by atoms with Crippen LogP contribution >= 0.6 is 0 Å². The maximum atomic E-state index is 13.3. The average Bonchev–Trinajstić information content (AvgIpc) is 2.41. The van der Waals surface area contributed by atoms with Gasteiger partial charge in [-0.1, -0.05) is 6.07 Å². The van der Waals surface area contributed by atoms with Gasteiger partial charge in [-0.15, -0.1) is 0 Å². The van der Waals surface area contributed by atoms with Gasteiger partial charge in [0, 0.05) is 38.5 Å². The van der Waals surface area contributed by atoms with Crippen molar-refractivity contribution < 1.29 is 9.13 Å². The lowest BCUT2D eigenvalue weighted by molar-refractivity contribution is 0.0588. The van der Waals surface area contributed by atoms with Crippen LogP contribution in [0.2, 0.25) is 0 Å². The van der Waals surface area contributed by atoms with Gasteiger partial charge in [-0.05, 0) is 37.0 Å². The zero-order valence-electron chi connectivity index (χ0n) is 10.8. The normalized spacial score (nSPS) is 18.6. The van der Waals surface area contributed by atoms with Crippen LogP contribution in [0, 0.1) is 11.7 Å². The second kappa shape index (κ2) is 6.16. The average molecular weight is 252 g/mol. The summed E-state index contributed by atoms with van der Waals surface area (Å²) in [6, 6.07) is 6.92. The number of halogens is 1. The van der Waals surface area contributed by atoms with E-state index >= 15 is 0 Å². The Hall–Kier alpha value is -1.13. The van der Waals surface area contributed by atoms with Crippen molar-refractivity contribution >= 4 is 5.69 Å². The minimum absolute atomic E-state index is 0.206. The smallest absolute Gasteiger partial charge is 0.125 e. The van der Waals surface area contributed by atoms with Gasteiger partial charge in [0.1, 0.15) is 5.82 Å². The van der Waals surface area contributed by atoms with Gasteiger partial charge in [-0.3, -0.25) is 0 Å². The van der Waals surface area contributed by atoms with Crippen LogP contribution in [-0.4, -0.2) is 32.8 Å². The van der Waals surface area contributed by atoms with Gasteiger partial charge in [0.05, 0.1) is 0 Å². The Bertz CT molecular complexity index is 380. The summed E-state index contributed by atoms with van der Waals surface area (Å²) in [5, 5.41) is 0. The lowest BCUT2D eigenvalue weighted by Crippen LogP contribution is -2.45. The minimum Gasteiger partial charge on any atom is -0.381 e. The predicted octanol–water partition coefficient (Wildman–Crippen LogP) is 2.02. The molecule has 3 nitrogen and oxygen atoms in total. The molecule has 0 aliphatic carbocycles. The molecular weight excluding hydrogens is 231 g/mol. The molecule has 100 valence electrons. The lowest BCUT2D eigenvalue weighted by Gasteiger charge is -2.37. The Balaban J connectivity index is 2.11. The molecular formula is C14H21FN2O. The van der Waals surface area contributed by atoms with Crippen molar-refractivity contribution in [1.29, 1.82) is 0 Å². The van der Waals surface area contributed by atoms with E-state index in [0.717, 1.165) is 31.7 Å². The van der Waals surface area contributed by atoms with Crippen molar-refractivity contribution in [1.82, 2.24) is 0 Å². The highest BCUT2D eigenvalue weighted by atomic mass is 19.1. The van der Waals surface area contributed by atoms with Crippen molar-refractivity contribution in [3.05, 3.63) is 30.1 Å². The van der Waals surface area contributed by atoms with Crippen LogP contribution in [0.15, 0.2) is 24.3 Å². The third-order valence-corrected chi connectivity index (χ3v) is 3.76. The van der Waals surface area contributed by atoms with E-state index in [4.69, 9.17) is 10.5 Å². The van der Waals surface area contributed by atoms with Gasteiger partial charge in [0.15, 0.2) is 0 Å². The first-order valence-corrected chi connectivity index (χ1v) is 6.48. The number of nitrogens with two attached hydrogens (primary N) is 1. The van der Waals surface area contributed by atoms with Crippen LogP contribution < -0.4 is 10.6 Å². The Kier molecular flexibility index (Phi) is 4.55. The summed E-state index contributed by atoms with van der Waals surface area (Å²) in [6.07, 6.45) is 2.06. The van der Waals surface area contributed by atoms with Crippen molar-refractivity contribution in [2.75, 3.05) is 31.7 Å². The van der Waals surface area contributed by atoms with Crippen molar-refractivity contribution in [2.24, 2.45) is 11.7 Å². The SMILES string of the molecule is CN(c1cccc(F)c1)C(CN)C1CCOCC1. The van der Waals surface area contributed by atoms with Crippen LogP contribution in [0.25, 0.3) is 0 Å². The number of rotatable bonds is 4. The summed E-state index contributed by atoms with van der Waals surface area (Å²) >= 11 is 0. The second-order valence-electron chi connectivity index (χ2n) is 4.84. The number of ether oxygens (including phenoxy) is 1. The molecule has 1 unspecified atom stereocenters. The number of benzene rings is 1. The minimum atomic E-state index is -0.206. The Labute approximate surface area is 108 Å². The highest BCUT2D eigenvalue weighted by Crippen LogP contribution is 2.25. The second-order valence-corrected chi connectivity index (χ2v) is 4.84. The highest BCUT2D eigenvalue weighted by Gasteiger charge is 2.26. The monoisotopic (exact) mass is 252 g/mol. The van der Waals surface area contributed by atoms with Gasteiger partial charge in [-0.25, -0.2) is 4.39 Å². The first-order valence-electron chi connectivity index (χ1n) is 6.48. The zero-order chi connectivity index (χ0) is 13.0. The van der Waals surface area contributed by atoms with Crippen LogP contribution in [0.3, 0.4) is 0 Å². The Morgan fingerprint density at radius 1 is 1.44 bits per heavy atom. The highest BCUT2D eigenvalue weighted by molar-refractivity contribution is 5.47. The molecule has 2 N–H and O–H groups in total. The van der Waals surface area contributed by atoms with Crippen LogP contribution in [0.1, 0.15) is 12.8 Å². The molecule has 1 heterocycles. The van der Waals surface area contributed by atoms with Crippen molar-refractivity contribution in [3.63, 3.8) is 0 Å². The number of hydrogen-bond acceptors (Lipinski definition) is 3. The molecule has 4 heteroatoms. The fourth-order valence-corrected chi connectivity index (χ4v) is 2.65. The number of anilines is 1. The van der Waals surface area contributed by atoms with E-state index in [1.807, 2.05) is 13.1 Å². The van der Waals surface area contributed by atoms with Gasteiger partial charge in [0.25, 0.3) is 0 Å². The third kappa shape index (κ3) is 3.00. The van der Waals surface area contributed by atoms with Crippen LogP contribution in [0.5, 0.6) is 0 Å². The summed E-state index contributed by atoms with van der Waals surface area (Å²) in [5.74, 6) is 0.319. The summed E-state index contributed by atoms with van der Waals surface area (Å²) < 4.78 is 18.6. The first kappa shape index (κ1) is 13.3. The van der Waals surface area contributed by atoms with Gasteiger partial charge < -0.3 is 15.4 Å². The molecule has 1 fully saturated rings. The zero-order valence-corrected chi connectivity index (χ0v) is 10.8. The molecule has 0 radical (unpaired) electrons. The maximum Gasteiger partial charge on any atom is 0.125 e. The molecule has 1 atom stereocenters. The topological polar surface area (TPSA) is 38.5 Å². The fraction of sp³-hybridized carbons (Fsp3) is 0.571. The predicted molar refractivity (Wildman–Crippen MR) is 71.2 cm³/mol. The Morgan fingerprint density at radius 3 is 2.78 bits per heavy atom. The van der Waals surface area contributed by atoms with Gasteiger partial charge in [-0.2, -0.15) is 0 Å². The van der Waals surface area contributed by atoms with Crippen molar-refractivity contribution in [2.45, 2.75) is 18.9 Å². The van der Waals surface area contributed by atoms with E-state index in [9.17, 15) is 4.39 Å². The standard InChI is InChI=1S/C14H21FN2O/c1-17(13-4-2-3-12(15)9-13)14(10-16)11-5-7-18-8-6-11/h2-4,9,11,14H,5-8,10,16H2,1H3. The van der Waals surface area contributed by atoms with E-state index < -0.39 is 0 Å². The van der Waals surface area contributed by atoms with E-state index in [2.05, 4.69) is 4.90 Å². The van der Waals surface area contributed by atoms with E-state index in [1.54, 1.807) is 12.1 Å². The molecule has 2 rings (SSSR count). The van der Waals surface area contributed by atoms with Crippen LogP contribution in [-0.2, 0) is 4.74 Å². The molecule has 0 spiro atoms. The largest absolute Gasteiger partial charge is 0.381 e. The summed E-state index contributed by atoms with van der Waals surface area (Å²) in [5.41, 5.74) is 6.79. The first-order chi connectivity index (χ1) is 8.72. The molecule has 0 saturated carbocycles. The van der Waals surface area contributed by atoms with Gasteiger partial charge >= 0.3 is 0 Å². The molecule has 1 aromatic carbocycles. The molecule has 0 aromatic heterocycles. The molecule has 1 aromatic rings. The van der Waals surface area contributed by atoms with Gasteiger partial charge in [0.2, 0.25) is 0 Å². The molecule has 0 amide bonds.